The van der Waals surface area contributed by atoms with Crippen molar-refractivity contribution in [3.05, 3.63) is 30.1 Å². The third-order valence-corrected chi connectivity index (χ3v) is 4.37. The summed E-state index contributed by atoms with van der Waals surface area (Å²) < 4.78 is 4.05. The topological polar surface area (TPSA) is 94.9 Å². The number of piperidine rings is 1. The van der Waals surface area contributed by atoms with Gasteiger partial charge in [-0.15, -0.1) is 10.2 Å². The van der Waals surface area contributed by atoms with Crippen LogP contribution in [0.25, 0.3) is 0 Å². The van der Waals surface area contributed by atoms with Gasteiger partial charge in [-0.05, 0) is 38.9 Å². The first kappa shape index (κ1) is 15.7. The van der Waals surface area contributed by atoms with E-state index < -0.39 is 0 Å². The molecule has 0 radical (unpaired) electrons. The maximum Gasteiger partial charge on any atom is 0.231 e. The molecule has 0 aromatic carbocycles. The molecule has 2 aromatic rings. The molecule has 0 unspecified atom stereocenters. The summed E-state index contributed by atoms with van der Waals surface area (Å²) in [6.45, 7) is 5.69. The van der Waals surface area contributed by atoms with Gasteiger partial charge >= 0.3 is 0 Å². The van der Waals surface area contributed by atoms with Crippen LogP contribution < -0.4 is 5.73 Å². The van der Waals surface area contributed by atoms with Crippen LogP contribution >= 0.6 is 0 Å². The Morgan fingerprint density at radius 2 is 2.13 bits per heavy atom. The number of nitrogens with zero attached hydrogens (tertiary/aromatic N) is 6. The lowest BCUT2D eigenvalue weighted by Gasteiger charge is -2.30. The molecular formula is C15H23N7O. The van der Waals surface area contributed by atoms with Gasteiger partial charge in [-0.2, -0.15) is 5.10 Å². The highest BCUT2D eigenvalue weighted by atomic mass is 16.1. The van der Waals surface area contributed by atoms with E-state index in [1.165, 1.54) is 0 Å². The van der Waals surface area contributed by atoms with Gasteiger partial charge in [-0.3, -0.25) is 14.4 Å². The molecule has 2 aromatic heterocycles. The number of carbonyl (C=O) groups excluding carboxylic acids is 1. The van der Waals surface area contributed by atoms with Gasteiger partial charge in [0.15, 0.2) is 5.82 Å². The van der Waals surface area contributed by atoms with E-state index in [2.05, 4.69) is 31.7 Å². The molecule has 1 fully saturated rings. The summed E-state index contributed by atoms with van der Waals surface area (Å²) in [6, 6.07) is 1.90. The molecule has 0 saturated carbocycles. The van der Waals surface area contributed by atoms with Crippen LogP contribution in [-0.2, 0) is 17.9 Å². The fourth-order valence-electron chi connectivity index (χ4n) is 3.22. The largest absolute Gasteiger partial charge is 0.369 e. The first-order valence-corrected chi connectivity index (χ1v) is 8.07. The van der Waals surface area contributed by atoms with Crippen LogP contribution in [0.3, 0.4) is 0 Å². The van der Waals surface area contributed by atoms with Crippen molar-refractivity contribution >= 4 is 5.91 Å². The first-order chi connectivity index (χ1) is 11.2. The van der Waals surface area contributed by atoms with Crippen LogP contribution in [0.15, 0.2) is 18.5 Å². The zero-order valence-electron chi connectivity index (χ0n) is 13.4. The third kappa shape index (κ3) is 3.58. The normalized spacial score (nSPS) is 16.7. The lowest BCUT2D eigenvalue weighted by Crippen LogP contribution is -2.39. The zero-order chi connectivity index (χ0) is 16.2. The molecule has 124 valence electrons. The number of nitrogens with two attached hydrogens (primary N) is 1. The lowest BCUT2D eigenvalue weighted by molar-refractivity contribution is -0.119. The van der Waals surface area contributed by atoms with Crippen molar-refractivity contribution < 1.29 is 4.79 Å². The number of likely N-dealkylation sites (tertiary alicyclic amines) is 1. The summed E-state index contributed by atoms with van der Waals surface area (Å²) in [5.41, 5.74) is 5.27. The van der Waals surface area contributed by atoms with Gasteiger partial charge in [0.05, 0.1) is 6.54 Å². The van der Waals surface area contributed by atoms with Gasteiger partial charge in [0.25, 0.3) is 0 Å². The van der Waals surface area contributed by atoms with Crippen LogP contribution in [-0.4, -0.2) is 55.0 Å². The van der Waals surface area contributed by atoms with Gasteiger partial charge in [0.2, 0.25) is 5.91 Å². The van der Waals surface area contributed by atoms with E-state index >= 15 is 0 Å². The van der Waals surface area contributed by atoms with Crippen molar-refractivity contribution in [1.82, 2.24) is 29.4 Å². The number of amides is 1. The zero-order valence-corrected chi connectivity index (χ0v) is 13.4. The summed E-state index contributed by atoms with van der Waals surface area (Å²) in [7, 11) is 0. The maximum absolute atomic E-state index is 11.0. The minimum absolute atomic E-state index is 0.262. The van der Waals surface area contributed by atoms with Crippen LogP contribution in [0.4, 0.5) is 0 Å². The van der Waals surface area contributed by atoms with E-state index in [-0.39, 0.29) is 5.91 Å². The second-order valence-corrected chi connectivity index (χ2v) is 5.94. The average molecular weight is 317 g/mol. The summed E-state index contributed by atoms with van der Waals surface area (Å²) in [4.78, 5) is 13.1. The van der Waals surface area contributed by atoms with E-state index in [1.54, 1.807) is 6.20 Å². The standard InChI is InChI=1S/C15H23N7O/c1-2-22-14(11-21-7-3-6-17-21)18-19-15(22)12-4-8-20(9-5-12)10-13(16)23/h3,6-7,12H,2,4-5,8-11H2,1H3,(H2,16,23). The maximum atomic E-state index is 11.0. The fraction of sp³-hybridized carbons (Fsp3) is 0.600. The second-order valence-electron chi connectivity index (χ2n) is 5.94. The number of hydrogen-bond donors (Lipinski definition) is 1. The van der Waals surface area contributed by atoms with Crippen molar-refractivity contribution in [1.29, 1.82) is 0 Å². The molecule has 8 heteroatoms. The van der Waals surface area contributed by atoms with E-state index in [1.807, 2.05) is 16.9 Å². The number of hydrogen-bond acceptors (Lipinski definition) is 5. The van der Waals surface area contributed by atoms with Crippen molar-refractivity contribution in [2.75, 3.05) is 19.6 Å². The monoisotopic (exact) mass is 317 g/mol. The molecule has 0 atom stereocenters. The highest BCUT2D eigenvalue weighted by Crippen LogP contribution is 2.27. The molecule has 8 nitrogen and oxygen atoms in total. The SMILES string of the molecule is CCn1c(Cn2cccn2)nnc1C1CCN(CC(N)=O)CC1. The molecule has 2 N–H and O–H groups in total. The summed E-state index contributed by atoms with van der Waals surface area (Å²) in [5, 5.41) is 13.0. The van der Waals surface area contributed by atoms with Gasteiger partial charge < -0.3 is 10.3 Å². The van der Waals surface area contributed by atoms with Crippen molar-refractivity contribution in [2.45, 2.75) is 38.8 Å². The molecule has 1 aliphatic rings. The average Bonchev–Trinajstić information content (AvgIpc) is 3.17. The van der Waals surface area contributed by atoms with Crippen LogP contribution in [0, 0.1) is 0 Å². The minimum atomic E-state index is -0.262. The fourth-order valence-corrected chi connectivity index (χ4v) is 3.22. The summed E-state index contributed by atoms with van der Waals surface area (Å²) >= 11 is 0. The quantitative estimate of drug-likeness (QED) is 0.821. The number of aromatic nitrogens is 5. The van der Waals surface area contributed by atoms with Crippen molar-refractivity contribution in [3.8, 4) is 0 Å². The Kier molecular flexibility index (Phi) is 4.71. The molecule has 23 heavy (non-hydrogen) atoms. The molecule has 3 heterocycles. The number of carbonyl (C=O) groups is 1. The van der Waals surface area contributed by atoms with Gasteiger partial charge in [-0.1, -0.05) is 0 Å². The van der Waals surface area contributed by atoms with Crippen molar-refractivity contribution in [3.63, 3.8) is 0 Å². The van der Waals surface area contributed by atoms with E-state index in [4.69, 9.17) is 5.73 Å². The predicted molar refractivity (Wildman–Crippen MR) is 84.6 cm³/mol. The molecule has 1 aliphatic heterocycles. The Hall–Kier alpha value is -2.22. The van der Waals surface area contributed by atoms with E-state index in [0.29, 0.717) is 19.0 Å². The Morgan fingerprint density at radius 3 is 2.74 bits per heavy atom. The van der Waals surface area contributed by atoms with E-state index in [9.17, 15) is 4.79 Å². The Labute approximate surface area is 135 Å². The molecule has 0 spiro atoms. The Balaban J connectivity index is 1.69. The van der Waals surface area contributed by atoms with Gasteiger partial charge in [-0.25, -0.2) is 0 Å². The third-order valence-electron chi connectivity index (χ3n) is 4.37. The summed E-state index contributed by atoms with van der Waals surface area (Å²) in [5.74, 6) is 2.11. The smallest absolute Gasteiger partial charge is 0.231 e. The highest BCUT2D eigenvalue weighted by Gasteiger charge is 2.26. The predicted octanol–water partition coefficient (Wildman–Crippen LogP) is 0.208. The Morgan fingerprint density at radius 1 is 1.35 bits per heavy atom. The van der Waals surface area contributed by atoms with Gasteiger partial charge in [0.1, 0.15) is 12.4 Å². The van der Waals surface area contributed by atoms with Gasteiger partial charge in [0, 0.05) is 24.9 Å². The highest BCUT2D eigenvalue weighted by molar-refractivity contribution is 5.75. The number of rotatable bonds is 6. The van der Waals surface area contributed by atoms with E-state index in [0.717, 1.165) is 44.1 Å². The molecule has 1 saturated heterocycles. The second kappa shape index (κ2) is 6.91. The van der Waals surface area contributed by atoms with Crippen LogP contribution in [0.5, 0.6) is 0 Å². The molecule has 1 amide bonds. The van der Waals surface area contributed by atoms with Crippen LogP contribution in [0.1, 0.15) is 37.3 Å². The minimum Gasteiger partial charge on any atom is -0.369 e. The summed E-state index contributed by atoms with van der Waals surface area (Å²) in [6.07, 6.45) is 5.65. The van der Waals surface area contributed by atoms with Crippen LogP contribution in [0.2, 0.25) is 0 Å². The number of primary amides is 1. The molecule has 3 rings (SSSR count). The van der Waals surface area contributed by atoms with Crippen molar-refractivity contribution in [2.24, 2.45) is 5.73 Å². The lowest BCUT2D eigenvalue weighted by atomic mass is 9.96. The first-order valence-electron chi connectivity index (χ1n) is 8.07. The molecule has 0 aliphatic carbocycles. The molecular weight excluding hydrogens is 294 g/mol. The Bertz CT molecular complexity index is 641. The molecule has 0 bridgehead atoms.